The minimum Gasteiger partial charge on any atom is -0.507 e. The normalized spacial score (nSPS) is 9.85. The Hall–Kier alpha value is -2.27. The number of amides is 1. The zero-order chi connectivity index (χ0) is 14.5. The number of phenols is 1. The van der Waals surface area contributed by atoms with Crippen LogP contribution in [0.4, 0.5) is 0 Å². The highest BCUT2D eigenvalue weighted by Gasteiger charge is 2.07. The average molecular weight is 333 g/mol. The zero-order valence-corrected chi connectivity index (χ0v) is 12.1. The second kappa shape index (κ2) is 6.25. The molecule has 0 unspecified atom stereocenters. The average Bonchev–Trinajstić information content (AvgIpc) is 2.45. The smallest absolute Gasteiger partial charge is 0.269 e. The van der Waals surface area contributed by atoms with Gasteiger partial charge in [0.2, 0.25) is 0 Å². The summed E-state index contributed by atoms with van der Waals surface area (Å²) in [6.07, 6.45) is 0. The Labute approximate surface area is 125 Å². The molecule has 0 spiro atoms. The molecule has 0 heterocycles. The van der Waals surface area contributed by atoms with E-state index in [1.54, 1.807) is 48.5 Å². The van der Waals surface area contributed by atoms with Gasteiger partial charge in [-0.15, -0.1) is 0 Å². The predicted octanol–water partition coefficient (Wildman–Crippen LogP) is 3.06. The van der Waals surface area contributed by atoms with Gasteiger partial charge in [-0.2, -0.15) is 0 Å². The fourth-order valence-electron chi connectivity index (χ4n) is 1.60. The van der Waals surface area contributed by atoms with Crippen LogP contribution in [0, 0.1) is 0 Å². The molecule has 102 valence electrons. The predicted molar refractivity (Wildman–Crippen MR) is 81.9 cm³/mol. The fourth-order valence-corrected chi connectivity index (χ4v) is 1.87. The molecule has 0 atom stereocenters. The molecule has 0 bridgehead atoms. The van der Waals surface area contributed by atoms with E-state index >= 15 is 0 Å². The lowest BCUT2D eigenvalue weighted by Crippen LogP contribution is -2.35. The monoisotopic (exact) mass is 332 g/mol. The van der Waals surface area contributed by atoms with Crippen LogP contribution >= 0.6 is 15.9 Å². The van der Waals surface area contributed by atoms with E-state index in [9.17, 15) is 9.90 Å². The van der Waals surface area contributed by atoms with Crippen LogP contribution in [0.3, 0.4) is 0 Å². The quantitative estimate of drug-likeness (QED) is 0.754. The van der Waals surface area contributed by atoms with E-state index in [0.29, 0.717) is 16.8 Å². The van der Waals surface area contributed by atoms with Crippen molar-refractivity contribution in [3.05, 3.63) is 70.7 Å². The first kappa shape index (κ1) is 14.1. The molecule has 2 aromatic rings. The first-order valence-electron chi connectivity index (χ1n) is 5.87. The summed E-state index contributed by atoms with van der Waals surface area (Å²) in [7, 11) is 0. The van der Waals surface area contributed by atoms with Gasteiger partial charge in [-0.25, -0.2) is 0 Å². The van der Waals surface area contributed by atoms with Crippen molar-refractivity contribution in [1.29, 1.82) is 0 Å². The van der Waals surface area contributed by atoms with Crippen LogP contribution < -0.4 is 10.9 Å². The molecule has 2 rings (SSSR count). The number of benzene rings is 2. The van der Waals surface area contributed by atoms with Gasteiger partial charge < -0.3 is 5.11 Å². The topological polar surface area (TPSA) is 61.4 Å². The molecule has 4 nitrogen and oxygen atoms in total. The summed E-state index contributed by atoms with van der Waals surface area (Å²) < 4.78 is 0.903. The van der Waals surface area contributed by atoms with Crippen molar-refractivity contribution < 1.29 is 9.90 Å². The second-order valence-corrected chi connectivity index (χ2v) is 5.00. The number of carbonyl (C=O) groups excluding carboxylic acids is 1. The third-order valence-corrected chi connectivity index (χ3v) is 3.19. The number of rotatable bonds is 4. The van der Waals surface area contributed by atoms with Crippen LogP contribution in [0.25, 0.3) is 5.70 Å². The van der Waals surface area contributed by atoms with Gasteiger partial charge in [0, 0.05) is 15.6 Å². The SMILES string of the molecule is C=C(NNC(=O)c1ccc(Br)cc1)c1ccccc1O. The largest absolute Gasteiger partial charge is 0.507 e. The van der Waals surface area contributed by atoms with Gasteiger partial charge in [-0.1, -0.05) is 34.6 Å². The third-order valence-electron chi connectivity index (χ3n) is 2.66. The number of para-hydroxylation sites is 1. The maximum Gasteiger partial charge on any atom is 0.269 e. The van der Waals surface area contributed by atoms with E-state index in [2.05, 4.69) is 33.4 Å². The van der Waals surface area contributed by atoms with Gasteiger partial charge in [0.1, 0.15) is 5.75 Å². The highest BCUT2D eigenvalue weighted by atomic mass is 79.9. The number of aromatic hydroxyl groups is 1. The molecule has 0 aliphatic carbocycles. The number of hydrogen-bond donors (Lipinski definition) is 3. The molecule has 0 aliphatic heterocycles. The Morgan fingerprint density at radius 2 is 1.70 bits per heavy atom. The summed E-state index contributed by atoms with van der Waals surface area (Å²) in [6.45, 7) is 3.77. The first-order valence-corrected chi connectivity index (χ1v) is 6.66. The van der Waals surface area contributed by atoms with E-state index in [-0.39, 0.29) is 11.7 Å². The van der Waals surface area contributed by atoms with Gasteiger partial charge in [0.15, 0.2) is 0 Å². The molecule has 5 heteroatoms. The summed E-state index contributed by atoms with van der Waals surface area (Å²) in [5, 5.41) is 9.67. The standard InChI is InChI=1S/C15H13BrN2O2/c1-10(13-4-2-3-5-14(13)19)17-18-15(20)11-6-8-12(16)9-7-11/h2-9,17,19H,1H2,(H,18,20). The minimum atomic E-state index is -0.283. The summed E-state index contributed by atoms with van der Waals surface area (Å²) in [5.74, 6) is -0.183. The Kier molecular flexibility index (Phi) is 4.42. The maximum atomic E-state index is 11.9. The Bertz CT molecular complexity index is 639. The number of nitrogens with one attached hydrogen (secondary N) is 2. The van der Waals surface area contributed by atoms with Crippen LogP contribution in [0.2, 0.25) is 0 Å². The number of carbonyl (C=O) groups is 1. The molecule has 0 radical (unpaired) electrons. The van der Waals surface area contributed by atoms with Crippen molar-refractivity contribution in [3.63, 3.8) is 0 Å². The van der Waals surface area contributed by atoms with Gasteiger partial charge in [-0.05, 0) is 36.4 Å². The molecule has 0 aromatic heterocycles. The van der Waals surface area contributed by atoms with Crippen molar-refractivity contribution in [2.45, 2.75) is 0 Å². The van der Waals surface area contributed by atoms with E-state index in [4.69, 9.17) is 0 Å². The van der Waals surface area contributed by atoms with Crippen molar-refractivity contribution in [3.8, 4) is 5.75 Å². The molecule has 0 fully saturated rings. The van der Waals surface area contributed by atoms with Crippen LogP contribution in [-0.2, 0) is 0 Å². The van der Waals surface area contributed by atoms with Crippen molar-refractivity contribution in [2.75, 3.05) is 0 Å². The summed E-state index contributed by atoms with van der Waals surface area (Å²) in [5.41, 5.74) is 6.68. The molecule has 0 saturated carbocycles. The highest BCUT2D eigenvalue weighted by Crippen LogP contribution is 2.20. The molecule has 3 N–H and O–H groups in total. The maximum absolute atomic E-state index is 11.9. The van der Waals surface area contributed by atoms with Crippen molar-refractivity contribution >= 4 is 27.5 Å². The number of halogens is 1. The number of phenolic OH excluding ortho intramolecular Hbond substituents is 1. The molecule has 1 amide bonds. The van der Waals surface area contributed by atoms with Crippen LogP contribution in [0.1, 0.15) is 15.9 Å². The van der Waals surface area contributed by atoms with Crippen molar-refractivity contribution in [1.82, 2.24) is 10.9 Å². The Balaban J connectivity index is 1.99. The van der Waals surface area contributed by atoms with Gasteiger partial charge in [0.05, 0.1) is 5.70 Å². The molecule has 20 heavy (non-hydrogen) atoms. The van der Waals surface area contributed by atoms with Gasteiger partial charge in [-0.3, -0.25) is 15.6 Å². The zero-order valence-electron chi connectivity index (χ0n) is 10.6. The summed E-state index contributed by atoms with van der Waals surface area (Å²) in [4.78, 5) is 11.9. The first-order chi connectivity index (χ1) is 9.58. The summed E-state index contributed by atoms with van der Waals surface area (Å²) in [6, 6.07) is 13.7. The lowest BCUT2D eigenvalue weighted by Gasteiger charge is -2.12. The van der Waals surface area contributed by atoms with Crippen LogP contribution in [0.5, 0.6) is 5.75 Å². The molecular weight excluding hydrogens is 320 g/mol. The summed E-state index contributed by atoms with van der Waals surface area (Å²) >= 11 is 3.31. The van der Waals surface area contributed by atoms with Crippen molar-refractivity contribution in [2.24, 2.45) is 0 Å². The lowest BCUT2D eigenvalue weighted by atomic mass is 10.1. The number of hydrogen-bond acceptors (Lipinski definition) is 3. The van der Waals surface area contributed by atoms with E-state index in [1.807, 2.05) is 0 Å². The minimum absolute atomic E-state index is 0.0999. The second-order valence-electron chi connectivity index (χ2n) is 4.08. The fraction of sp³-hybridized carbons (Fsp3) is 0. The van der Waals surface area contributed by atoms with E-state index in [0.717, 1.165) is 4.47 Å². The van der Waals surface area contributed by atoms with Gasteiger partial charge >= 0.3 is 0 Å². The lowest BCUT2D eigenvalue weighted by molar-refractivity contribution is 0.0942. The third kappa shape index (κ3) is 3.39. The number of hydrazine groups is 1. The molecule has 0 saturated heterocycles. The van der Waals surface area contributed by atoms with E-state index in [1.165, 1.54) is 0 Å². The Morgan fingerprint density at radius 3 is 2.35 bits per heavy atom. The molecular formula is C15H13BrN2O2. The van der Waals surface area contributed by atoms with E-state index < -0.39 is 0 Å². The Morgan fingerprint density at radius 1 is 1.05 bits per heavy atom. The molecule has 2 aromatic carbocycles. The van der Waals surface area contributed by atoms with Crippen LogP contribution in [-0.4, -0.2) is 11.0 Å². The van der Waals surface area contributed by atoms with Gasteiger partial charge in [0.25, 0.3) is 5.91 Å². The van der Waals surface area contributed by atoms with Crippen LogP contribution in [0.15, 0.2) is 59.6 Å². The molecule has 0 aliphatic rings. The highest BCUT2D eigenvalue weighted by molar-refractivity contribution is 9.10.